The van der Waals surface area contributed by atoms with Gasteiger partial charge >= 0.3 is 5.97 Å². The highest BCUT2D eigenvalue weighted by Gasteiger charge is 2.55. The van der Waals surface area contributed by atoms with Gasteiger partial charge in [-0.3, -0.25) is 9.78 Å². The number of aromatic nitrogens is 1. The number of aliphatic hydroxyl groups is 1. The van der Waals surface area contributed by atoms with Gasteiger partial charge in [-0.05, 0) is 23.3 Å². The standard InChI is InChI=1S/C30H29N3O4/c31-28(34)27(25-11-5-6-16-32-25)33-17-14-22(15-18-33)26(19-33)37-29(35)30(36)23-9-3-1-7-20(23)12-13-21-8-2-4-10-24(21)30/h1-13,16,22,26-27,36H,14-15,17-19H2,(H-,31,34)/p+1/t22?,26-,27?,33?/m0/s1. The topological polar surface area (TPSA) is 103 Å². The molecule has 3 fully saturated rings. The quantitative estimate of drug-likeness (QED) is 0.417. The highest BCUT2D eigenvalue weighted by Crippen LogP contribution is 2.44. The third-order valence-corrected chi connectivity index (χ3v) is 8.44. The molecule has 3 aromatic rings. The number of piperidine rings is 3. The second kappa shape index (κ2) is 8.94. The summed E-state index contributed by atoms with van der Waals surface area (Å²) in [6.45, 7) is 1.99. The average molecular weight is 497 g/mol. The third kappa shape index (κ3) is 3.77. The molecule has 7 nitrogen and oxygen atoms in total. The summed E-state index contributed by atoms with van der Waals surface area (Å²) < 4.78 is 6.63. The molecule has 4 aliphatic rings. The van der Waals surface area contributed by atoms with Gasteiger partial charge in [-0.15, -0.1) is 0 Å². The van der Waals surface area contributed by atoms with E-state index in [2.05, 4.69) is 4.98 Å². The van der Waals surface area contributed by atoms with Crippen LogP contribution in [-0.2, 0) is 19.9 Å². The molecule has 7 rings (SSSR count). The van der Waals surface area contributed by atoms with E-state index in [9.17, 15) is 14.7 Å². The number of benzene rings is 2. The lowest BCUT2D eigenvalue weighted by Gasteiger charge is -2.54. The third-order valence-electron chi connectivity index (χ3n) is 8.44. The molecule has 4 heterocycles. The Morgan fingerprint density at radius 3 is 2.11 bits per heavy atom. The number of quaternary nitrogens is 1. The number of rotatable bonds is 5. The van der Waals surface area contributed by atoms with Crippen LogP contribution < -0.4 is 5.73 Å². The van der Waals surface area contributed by atoms with E-state index in [0.717, 1.165) is 37.1 Å². The molecular formula is C30H30N3O4+. The number of primary amides is 1. The van der Waals surface area contributed by atoms with Crippen LogP contribution in [0.25, 0.3) is 12.2 Å². The van der Waals surface area contributed by atoms with Crippen LogP contribution in [0.3, 0.4) is 0 Å². The van der Waals surface area contributed by atoms with Crippen LogP contribution in [0.5, 0.6) is 0 Å². The van der Waals surface area contributed by atoms with Gasteiger partial charge in [-0.1, -0.05) is 66.7 Å². The van der Waals surface area contributed by atoms with E-state index in [0.29, 0.717) is 27.8 Å². The highest BCUT2D eigenvalue weighted by atomic mass is 16.6. The Kier molecular flexibility index (Phi) is 5.70. The van der Waals surface area contributed by atoms with E-state index in [-0.39, 0.29) is 5.92 Å². The number of hydrogen-bond acceptors (Lipinski definition) is 5. The summed E-state index contributed by atoms with van der Waals surface area (Å²) in [6, 6.07) is 19.6. The number of pyridine rings is 1. The first-order valence-electron chi connectivity index (χ1n) is 12.8. The normalized spacial score (nSPS) is 25.9. The van der Waals surface area contributed by atoms with Gasteiger partial charge < -0.3 is 20.1 Å². The largest absolute Gasteiger partial charge is 0.453 e. The van der Waals surface area contributed by atoms with Gasteiger partial charge in [0.05, 0.1) is 13.1 Å². The Hall–Kier alpha value is -3.81. The summed E-state index contributed by atoms with van der Waals surface area (Å²) in [5, 5.41) is 12.2. The molecule has 1 aliphatic carbocycles. The van der Waals surface area contributed by atoms with Crippen LogP contribution in [0, 0.1) is 5.92 Å². The van der Waals surface area contributed by atoms with Crippen molar-refractivity contribution in [1.29, 1.82) is 0 Å². The highest BCUT2D eigenvalue weighted by molar-refractivity contribution is 5.91. The molecule has 0 saturated carbocycles. The van der Waals surface area contributed by atoms with E-state index >= 15 is 0 Å². The zero-order valence-electron chi connectivity index (χ0n) is 20.5. The molecule has 2 aromatic carbocycles. The molecule has 1 amide bonds. The molecular weight excluding hydrogens is 466 g/mol. The molecule has 37 heavy (non-hydrogen) atoms. The fourth-order valence-electron chi connectivity index (χ4n) is 6.61. The van der Waals surface area contributed by atoms with Crippen LogP contribution in [-0.4, -0.2) is 52.2 Å². The molecule has 0 spiro atoms. The lowest BCUT2D eigenvalue weighted by atomic mass is 9.80. The van der Waals surface area contributed by atoms with Crippen molar-refractivity contribution in [2.75, 3.05) is 19.6 Å². The zero-order valence-corrected chi connectivity index (χ0v) is 20.5. The summed E-state index contributed by atoms with van der Waals surface area (Å²) >= 11 is 0. The zero-order chi connectivity index (χ0) is 25.6. The first kappa shape index (κ1) is 23.6. The van der Waals surface area contributed by atoms with E-state index in [1.165, 1.54) is 0 Å². The van der Waals surface area contributed by atoms with Crippen molar-refractivity contribution in [3.63, 3.8) is 0 Å². The molecule has 2 bridgehead atoms. The summed E-state index contributed by atoms with van der Waals surface area (Å²) in [7, 11) is 0. The van der Waals surface area contributed by atoms with Crippen molar-refractivity contribution in [3.8, 4) is 0 Å². The predicted molar refractivity (Wildman–Crippen MR) is 138 cm³/mol. The van der Waals surface area contributed by atoms with Crippen molar-refractivity contribution in [2.24, 2.45) is 11.7 Å². The van der Waals surface area contributed by atoms with Gasteiger partial charge in [-0.2, -0.15) is 0 Å². The second-order valence-corrected chi connectivity index (χ2v) is 10.4. The summed E-state index contributed by atoms with van der Waals surface area (Å²) in [5.74, 6) is -0.957. The second-order valence-electron chi connectivity index (χ2n) is 10.4. The molecule has 1 aromatic heterocycles. The molecule has 2 atom stereocenters. The molecule has 3 N–H and O–H groups in total. The maximum Gasteiger partial charge on any atom is 0.348 e. The molecule has 3 saturated heterocycles. The first-order chi connectivity index (χ1) is 17.9. The van der Waals surface area contributed by atoms with Crippen LogP contribution in [0.2, 0.25) is 0 Å². The van der Waals surface area contributed by atoms with E-state index in [4.69, 9.17) is 10.5 Å². The Morgan fingerprint density at radius 1 is 0.946 bits per heavy atom. The number of hydrogen-bond donors (Lipinski definition) is 2. The van der Waals surface area contributed by atoms with Crippen LogP contribution >= 0.6 is 0 Å². The average Bonchev–Trinajstić information content (AvgIpc) is 3.05. The molecule has 7 heteroatoms. The van der Waals surface area contributed by atoms with Crippen molar-refractivity contribution in [2.45, 2.75) is 30.6 Å². The molecule has 3 aliphatic heterocycles. The smallest absolute Gasteiger partial charge is 0.348 e. The fourth-order valence-corrected chi connectivity index (χ4v) is 6.61. The Labute approximate surface area is 215 Å². The maximum absolute atomic E-state index is 14.0. The van der Waals surface area contributed by atoms with Gasteiger partial charge in [0.25, 0.3) is 5.91 Å². The van der Waals surface area contributed by atoms with Crippen LogP contribution in [0.4, 0.5) is 0 Å². The van der Waals surface area contributed by atoms with Gasteiger partial charge in [0, 0.05) is 36.1 Å². The lowest BCUT2D eigenvalue weighted by molar-refractivity contribution is -0.965. The predicted octanol–water partition coefficient (Wildman–Crippen LogP) is 3.18. The number of nitrogens with zero attached hydrogens (tertiary/aromatic N) is 2. The number of esters is 1. The van der Waals surface area contributed by atoms with Crippen molar-refractivity contribution in [1.82, 2.24) is 4.98 Å². The maximum atomic E-state index is 14.0. The fraction of sp³-hybridized carbons (Fsp3) is 0.300. The van der Waals surface area contributed by atoms with Crippen molar-refractivity contribution < 1.29 is 23.9 Å². The number of nitrogens with two attached hydrogens (primary N) is 1. The molecule has 188 valence electrons. The lowest BCUT2D eigenvalue weighted by Crippen LogP contribution is -2.67. The SMILES string of the molecule is NC(=O)C(c1ccccn1)[N+]12CCC(CC1)[C@@H](OC(=O)C1(O)c3ccccc3C=Cc3ccccc31)C2. The first-order valence-corrected chi connectivity index (χ1v) is 12.8. The van der Waals surface area contributed by atoms with E-state index in [1.807, 2.05) is 66.7 Å². The van der Waals surface area contributed by atoms with Crippen molar-refractivity contribution >= 4 is 24.0 Å². The molecule has 0 radical (unpaired) electrons. The van der Waals surface area contributed by atoms with E-state index in [1.54, 1.807) is 18.3 Å². The number of ether oxygens (including phenoxy) is 1. The van der Waals surface area contributed by atoms with Crippen molar-refractivity contribution in [3.05, 3.63) is 101 Å². The minimum absolute atomic E-state index is 0.166. The summed E-state index contributed by atoms with van der Waals surface area (Å²) in [4.78, 5) is 31.2. The summed E-state index contributed by atoms with van der Waals surface area (Å²) in [5.41, 5.74) is 7.13. The van der Waals surface area contributed by atoms with Gasteiger partial charge in [0.1, 0.15) is 12.2 Å². The Morgan fingerprint density at radius 2 is 1.54 bits per heavy atom. The minimum Gasteiger partial charge on any atom is -0.453 e. The monoisotopic (exact) mass is 496 g/mol. The summed E-state index contributed by atoms with van der Waals surface area (Å²) in [6.07, 6.45) is 6.67. The number of fused-ring (bicyclic) bond motifs is 5. The Bertz CT molecular complexity index is 1330. The van der Waals surface area contributed by atoms with E-state index < -0.39 is 29.6 Å². The number of amides is 1. The number of carbonyl (C=O) groups is 2. The Balaban J connectivity index is 1.35. The number of carbonyl (C=O) groups excluding carboxylic acids is 2. The van der Waals surface area contributed by atoms with Gasteiger partial charge in [0.2, 0.25) is 11.6 Å². The minimum atomic E-state index is -1.96. The van der Waals surface area contributed by atoms with Gasteiger partial charge in [0.15, 0.2) is 6.10 Å². The van der Waals surface area contributed by atoms with Crippen LogP contribution in [0.15, 0.2) is 72.9 Å². The van der Waals surface area contributed by atoms with Crippen LogP contribution in [0.1, 0.15) is 46.8 Å². The molecule has 1 unspecified atom stereocenters. The van der Waals surface area contributed by atoms with Gasteiger partial charge in [-0.25, -0.2) is 4.79 Å².